The quantitative estimate of drug-likeness (QED) is 0.202. The molecule has 0 unspecified atom stereocenters. The van der Waals surface area contributed by atoms with E-state index in [1.54, 1.807) is 0 Å². The Morgan fingerprint density at radius 1 is 0.386 bits per heavy atom. The maximum atomic E-state index is 5.02. The van der Waals surface area contributed by atoms with E-state index in [0.29, 0.717) is 0 Å². The Balaban J connectivity index is 1.17. The molecule has 206 valence electrons. The Labute approximate surface area is 262 Å². The van der Waals surface area contributed by atoms with Crippen LogP contribution < -0.4 is 0 Å². The van der Waals surface area contributed by atoms with Gasteiger partial charge in [0.1, 0.15) is 0 Å². The van der Waals surface area contributed by atoms with Crippen molar-refractivity contribution in [2.45, 2.75) is 0 Å². The maximum Gasteiger partial charge on any atom is 0.160 e. The lowest BCUT2D eigenvalue weighted by Gasteiger charge is -2.10. The molecule has 0 atom stereocenters. The van der Waals surface area contributed by atoms with E-state index in [0.717, 1.165) is 33.9 Å². The maximum absolute atomic E-state index is 5.02. The van der Waals surface area contributed by atoms with Crippen LogP contribution in [0.15, 0.2) is 146 Å². The van der Waals surface area contributed by atoms with Gasteiger partial charge in [-0.1, -0.05) is 121 Å². The highest BCUT2D eigenvalue weighted by Gasteiger charge is 2.16. The molecule has 0 saturated heterocycles. The van der Waals surface area contributed by atoms with Crippen molar-refractivity contribution in [1.29, 1.82) is 0 Å². The van der Waals surface area contributed by atoms with Crippen LogP contribution in [0.4, 0.5) is 0 Å². The fraction of sp³-hybridized carbons (Fsp3) is 0. The number of hydrogen-bond donors (Lipinski definition) is 0. The number of nitrogens with zero attached hydrogens (tertiary/aromatic N) is 2. The molecule has 6 aromatic carbocycles. The largest absolute Gasteiger partial charge is 0.228 e. The van der Waals surface area contributed by atoms with Crippen LogP contribution in [-0.2, 0) is 0 Å². The van der Waals surface area contributed by atoms with Crippen molar-refractivity contribution < 1.29 is 0 Å². The van der Waals surface area contributed by atoms with Crippen LogP contribution in [0.5, 0.6) is 0 Å². The molecular formula is C40H24N2S2. The van der Waals surface area contributed by atoms with Gasteiger partial charge >= 0.3 is 0 Å². The molecule has 0 saturated carbocycles. The number of benzene rings is 6. The summed E-state index contributed by atoms with van der Waals surface area (Å²) in [5.74, 6) is 0.730. The second-order valence-electron chi connectivity index (χ2n) is 11.0. The highest BCUT2D eigenvalue weighted by Crippen LogP contribution is 2.46. The van der Waals surface area contributed by atoms with Crippen LogP contribution in [-0.4, -0.2) is 9.97 Å². The summed E-state index contributed by atoms with van der Waals surface area (Å²) in [6.45, 7) is 0. The smallest absolute Gasteiger partial charge is 0.160 e. The van der Waals surface area contributed by atoms with Crippen molar-refractivity contribution in [3.05, 3.63) is 146 Å². The first-order valence-corrected chi connectivity index (χ1v) is 16.3. The van der Waals surface area contributed by atoms with E-state index < -0.39 is 0 Å². The van der Waals surface area contributed by atoms with Gasteiger partial charge in [-0.15, -0.1) is 22.7 Å². The summed E-state index contributed by atoms with van der Waals surface area (Å²) in [5, 5.41) is 5.44. The predicted molar refractivity (Wildman–Crippen MR) is 190 cm³/mol. The molecule has 0 aliphatic carbocycles. The zero-order valence-corrected chi connectivity index (χ0v) is 25.2. The van der Waals surface area contributed by atoms with Crippen LogP contribution in [0.1, 0.15) is 0 Å². The topological polar surface area (TPSA) is 25.8 Å². The summed E-state index contributed by atoms with van der Waals surface area (Å²) in [4.78, 5) is 9.97. The average molecular weight is 597 g/mol. The molecule has 0 N–H and O–H groups in total. The SMILES string of the molecule is c1ccc(-c2cc(-c3ccc(-c4cccc5c4sc4ccc6sc7ccccc7c6c45)cc3)nc(-c3ccccc3)n2)cc1. The third kappa shape index (κ3) is 4.15. The minimum Gasteiger partial charge on any atom is -0.228 e. The van der Waals surface area contributed by atoms with E-state index in [-0.39, 0.29) is 0 Å². The van der Waals surface area contributed by atoms with E-state index in [1.165, 1.54) is 51.5 Å². The molecule has 0 spiro atoms. The summed E-state index contributed by atoms with van der Waals surface area (Å²) >= 11 is 3.78. The fourth-order valence-electron chi connectivity index (χ4n) is 6.22. The molecule has 0 radical (unpaired) electrons. The number of thiophene rings is 2. The van der Waals surface area contributed by atoms with E-state index in [9.17, 15) is 0 Å². The van der Waals surface area contributed by atoms with E-state index in [2.05, 4.69) is 121 Å². The lowest BCUT2D eigenvalue weighted by atomic mass is 9.99. The molecular weight excluding hydrogens is 573 g/mol. The van der Waals surface area contributed by atoms with Gasteiger partial charge in [0, 0.05) is 57.0 Å². The second kappa shape index (κ2) is 10.2. The van der Waals surface area contributed by atoms with Crippen molar-refractivity contribution in [1.82, 2.24) is 9.97 Å². The first-order valence-electron chi connectivity index (χ1n) is 14.7. The molecule has 44 heavy (non-hydrogen) atoms. The standard InChI is InChI=1S/C40H24N2S2/c1-3-10-26(11-4-1)32-24-33(42-40(41-32)28-12-5-2-6-13-28)27-20-18-25(19-21-27)29-15-9-16-31-38-36(44-39(29)31)23-22-35-37(38)30-14-7-8-17-34(30)43-35/h1-24H. The Kier molecular flexibility index (Phi) is 5.90. The molecule has 4 heteroatoms. The highest BCUT2D eigenvalue weighted by atomic mass is 32.1. The highest BCUT2D eigenvalue weighted by molar-refractivity contribution is 7.28. The van der Waals surface area contributed by atoms with Crippen LogP contribution in [0, 0.1) is 0 Å². The molecule has 0 aliphatic heterocycles. The van der Waals surface area contributed by atoms with E-state index >= 15 is 0 Å². The molecule has 9 aromatic rings. The molecule has 2 nitrogen and oxygen atoms in total. The Hall–Kier alpha value is -5.16. The van der Waals surface area contributed by atoms with Crippen molar-refractivity contribution >= 4 is 63.0 Å². The van der Waals surface area contributed by atoms with Gasteiger partial charge in [-0.25, -0.2) is 9.97 Å². The Bertz CT molecular complexity index is 2420. The molecule has 0 bridgehead atoms. The molecule has 0 fully saturated rings. The van der Waals surface area contributed by atoms with Crippen LogP contribution in [0.25, 0.3) is 85.4 Å². The Morgan fingerprint density at radius 2 is 0.955 bits per heavy atom. The summed E-state index contributed by atoms with van der Waals surface area (Å²) in [6, 6.07) is 51.6. The van der Waals surface area contributed by atoms with Crippen molar-refractivity contribution in [3.63, 3.8) is 0 Å². The minimum absolute atomic E-state index is 0.730. The van der Waals surface area contributed by atoms with Crippen molar-refractivity contribution in [2.24, 2.45) is 0 Å². The monoisotopic (exact) mass is 596 g/mol. The van der Waals surface area contributed by atoms with Crippen molar-refractivity contribution in [2.75, 3.05) is 0 Å². The van der Waals surface area contributed by atoms with E-state index in [1.807, 2.05) is 46.9 Å². The molecule has 0 amide bonds. The average Bonchev–Trinajstić information content (AvgIpc) is 3.67. The summed E-state index contributed by atoms with van der Waals surface area (Å²) in [7, 11) is 0. The lowest BCUT2D eigenvalue weighted by Crippen LogP contribution is -1.95. The normalized spacial score (nSPS) is 11.6. The predicted octanol–water partition coefficient (Wildman–Crippen LogP) is 11.9. The van der Waals surface area contributed by atoms with Crippen LogP contribution in [0.2, 0.25) is 0 Å². The summed E-state index contributed by atoms with van der Waals surface area (Å²) in [6.07, 6.45) is 0. The van der Waals surface area contributed by atoms with Gasteiger partial charge in [-0.2, -0.15) is 0 Å². The number of hydrogen-bond acceptors (Lipinski definition) is 4. The second-order valence-corrected chi connectivity index (χ2v) is 13.1. The van der Waals surface area contributed by atoms with Gasteiger partial charge in [-0.05, 0) is 35.4 Å². The van der Waals surface area contributed by atoms with Gasteiger partial charge in [0.25, 0.3) is 0 Å². The van der Waals surface area contributed by atoms with Crippen LogP contribution >= 0.6 is 22.7 Å². The first-order chi connectivity index (χ1) is 21.8. The minimum atomic E-state index is 0.730. The first kappa shape index (κ1) is 25.3. The lowest BCUT2D eigenvalue weighted by molar-refractivity contribution is 1.18. The van der Waals surface area contributed by atoms with Gasteiger partial charge in [-0.3, -0.25) is 0 Å². The fourth-order valence-corrected chi connectivity index (χ4v) is 8.58. The summed E-state index contributed by atoms with van der Waals surface area (Å²) in [5.41, 5.74) is 7.46. The number of rotatable bonds is 4. The third-order valence-corrected chi connectivity index (χ3v) is 10.7. The summed E-state index contributed by atoms with van der Waals surface area (Å²) < 4.78 is 5.36. The number of fused-ring (bicyclic) bond motifs is 7. The van der Waals surface area contributed by atoms with Gasteiger partial charge < -0.3 is 0 Å². The third-order valence-electron chi connectivity index (χ3n) is 8.32. The number of aromatic nitrogens is 2. The van der Waals surface area contributed by atoms with Crippen LogP contribution in [0.3, 0.4) is 0 Å². The zero-order valence-electron chi connectivity index (χ0n) is 23.6. The zero-order chi connectivity index (χ0) is 29.0. The van der Waals surface area contributed by atoms with Crippen molar-refractivity contribution in [3.8, 4) is 45.0 Å². The molecule has 0 aliphatic rings. The molecule has 3 heterocycles. The molecule has 9 rings (SSSR count). The van der Waals surface area contributed by atoms with Gasteiger partial charge in [0.05, 0.1) is 11.4 Å². The Morgan fingerprint density at radius 3 is 1.70 bits per heavy atom. The van der Waals surface area contributed by atoms with Gasteiger partial charge in [0.2, 0.25) is 0 Å². The van der Waals surface area contributed by atoms with E-state index in [4.69, 9.17) is 9.97 Å². The van der Waals surface area contributed by atoms with Gasteiger partial charge in [0.15, 0.2) is 5.82 Å². The molecule has 3 aromatic heterocycles.